The van der Waals surface area contributed by atoms with Crippen LogP contribution in [0, 0.1) is 5.92 Å². The van der Waals surface area contributed by atoms with Crippen LogP contribution < -0.4 is 5.32 Å². The van der Waals surface area contributed by atoms with Gasteiger partial charge in [0.2, 0.25) is 0 Å². The van der Waals surface area contributed by atoms with Gasteiger partial charge in [0.25, 0.3) is 0 Å². The normalized spacial score (nSPS) is 14.4. The van der Waals surface area contributed by atoms with Crippen LogP contribution in [-0.2, 0) is 0 Å². The Hall–Kier alpha value is -1.18. The van der Waals surface area contributed by atoms with Crippen LogP contribution in [-0.4, -0.2) is 11.1 Å². The van der Waals surface area contributed by atoms with Gasteiger partial charge in [-0.3, -0.25) is 0 Å². The predicted octanol–water partition coefficient (Wildman–Crippen LogP) is 4.02. The molecule has 2 N–H and O–H groups in total. The van der Waals surface area contributed by atoms with Gasteiger partial charge < -0.3 is 10.4 Å². The third-order valence-electron chi connectivity index (χ3n) is 3.09. The first kappa shape index (κ1) is 12.9. The van der Waals surface area contributed by atoms with E-state index in [-0.39, 0.29) is 0 Å². The van der Waals surface area contributed by atoms with Gasteiger partial charge in [0.1, 0.15) is 5.75 Å². The van der Waals surface area contributed by atoms with Crippen molar-refractivity contribution in [1.82, 2.24) is 0 Å². The largest absolute Gasteiger partial charge is 0.508 e. The van der Waals surface area contributed by atoms with Gasteiger partial charge in [-0.2, -0.15) is 0 Å². The van der Waals surface area contributed by atoms with Crippen LogP contribution in [0.1, 0.15) is 40.0 Å². The molecular weight excluding hydrogens is 198 g/mol. The van der Waals surface area contributed by atoms with Crippen LogP contribution in [0.2, 0.25) is 0 Å². The van der Waals surface area contributed by atoms with Crippen LogP contribution in [0.25, 0.3) is 0 Å². The van der Waals surface area contributed by atoms with Gasteiger partial charge in [-0.15, -0.1) is 0 Å². The highest BCUT2D eigenvalue weighted by Gasteiger charge is 2.10. The molecule has 0 spiro atoms. The molecular formula is C14H23NO. The van der Waals surface area contributed by atoms with Crippen molar-refractivity contribution in [2.75, 3.05) is 5.32 Å². The van der Waals surface area contributed by atoms with E-state index in [4.69, 9.17) is 0 Å². The summed E-state index contributed by atoms with van der Waals surface area (Å²) in [7, 11) is 0. The van der Waals surface area contributed by atoms with Crippen molar-refractivity contribution in [1.29, 1.82) is 0 Å². The summed E-state index contributed by atoms with van der Waals surface area (Å²) in [4.78, 5) is 0. The lowest BCUT2D eigenvalue weighted by atomic mass is 9.97. The first-order chi connectivity index (χ1) is 7.65. The smallest absolute Gasteiger partial charge is 0.117 e. The Morgan fingerprint density at radius 3 is 2.56 bits per heavy atom. The number of rotatable bonds is 6. The minimum absolute atomic E-state index is 0.323. The Morgan fingerprint density at radius 2 is 2.00 bits per heavy atom. The molecule has 0 aliphatic carbocycles. The van der Waals surface area contributed by atoms with E-state index < -0.39 is 0 Å². The lowest BCUT2D eigenvalue weighted by molar-refractivity contribution is 0.460. The first-order valence-electron chi connectivity index (χ1n) is 6.21. The molecule has 0 aliphatic rings. The van der Waals surface area contributed by atoms with E-state index in [1.807, 2.05) is 12.1 Å². The van der Waals surface area contributed by atoms with Gasteiger partial charge in [0, 0.05) is 17.8 Å². The van der Waals surface area contributed by atoms with Gasteiger partial charge in [-0.1, -0.05) is 33.3 Å². The molecule has 0 saturated heterocycles. The second-order valence-electron chi connectivity index (χ2n) is 4.55. The van der Waals surface area contributed by atoms with Gasteiger partial charge in [-0.05, 0) is 30.9 Å². The zero-order valence-corrected chi connectivity index (χ0v) is 10.5. The van der Waals surface area contributed by atoms with Crippen molar-refractivity contribution < 1.29 is 5.11 Å². The molecule has 1 rings (SSSR count). The Kier molecular flexibility index (Phi) is 5.17. The second kappa shape index (κ2) is 6.41. The Balaban J connectivity index is 2.56. The summed E-state index contributed by atoms with van der Waals surface area (Å²) in [6.07, 6.45) is 3.51. The van der Waals surface area contributed by atoms with E-state index in [0.29, 0.717) is 11.8 Å². The quantitative estimate of drug-likeness (QED) is 0.760. The van der Waals surface area contributed by atoms with Crippen molar-refractivity contribution in [3.05, 3.63) is 24.3 Å². The van der Waals surface area contributed by atoms with Crippen LogP contribution in [0.15, 0.2) is 24.3 Å². The molecule has 0 heterocycles. The maximum atomic E-state index is 9.39. The fourth-order valence-corrected chi connectivity index (χ4v) is 1.81. The van der Waals surface area contributed by atoms with Crippen molar-refractivity contribution in [2.45, 2.75) is 46.1 Å². The number of phenols is 1. The first-order valence-corrected chi connectivity index (χ1v) is 6.21. The van der Waals surface area contributed by atoms with E-state index in [1.165, 1.54) is 12.8 Å². The molecule has 0 aliphatic heterocycles. The topological polar surface area (TPSA) is 32.3 Å². The molecule has 16 heavy (non-hydrogen) atoms. The molecule has 0 fully saturated rings. The maximum absolute atomic E-state index is 9.39. The Labute approximate surface area is 98.7 Å². The highest BCUT2D eigenvalue weighted by Crippen LogP contribution is 2.20. The number of anilines is 1. The molecule has 2 atom stereocenters. The molecule has 2 unspecified atom stereocenters. The number of phenolic OH excluding ortho intramolecular Hbond substituents is 1. The molecule has 0 saturated carbocycles. The number of nitrogens with one attached hydrogen (secondary N) is 1. The van der Waals surface area contributed by atoms with Gasteiger partial charge in [0.15, 0.2) is 0 Å². The fraction of sp³-hybridized carbons (Fsp3) is 0.571. The van der Waals surface area contributed by atoms with Crippen molar-refractivity contribution in [3.8, 4) is 5.75 Å². The van der Waals surface area contributed by atoms with Gasteiger partial charge >= 0.3 is 0 Å². The SMILES string of the molecule is CCC(C)CC(CC)Nc1cccc(O)c1. The van der Waals surface area contributed by atoms with Crippen molar-refractivity contribution in [3.63, 3.8) is 0 Å². The van der Waals surface area contributed by atoms with Crippen LogP contribution in [0.4, 0.5) is 5.69 Å². The summed E-state index contributed by atoms with van der Waals surface area (Å²) < 4.78 is 0. The summed E-state index contributed by atoms with van der Waals surface area (Å²) in [5, 5.41) is 12.9. The van der Waals surface area contributed by atoms with E-state index in [2.05, 4.69) is 26.1 Å². The summed E-state index contributed by atoms with van der Waals surface area (Å²) in [5.41, 5.74) is 1.01. The zero-order chi connectivity index (χ0) is 12.0. The van der Waals surface area contributed by atoms with Gasteiger partial charge in [-0.25, -0.2) is 0 Å². The molecule has 1 aromatic carbocycles. The molecule has 0 amide bonds. The lowest BCUT2D eigenvalue weighted by Gasteiger charge is -2.21. The summed E-state index contributed by atoms with van der Waals surface area (Å²) in [6, 6.07) is 7.84. The van der Waals surface area contributed by atoms with Crippen molar-refractivity contribution >= 4 is 5.69 Å². The third kappa shape index (κ3) is 4.13. The minimum atomic E-state index is 0.323. The van der Waals surface area contributed by atoms with E-state index in [9.17, 15) is 5.11 Å². The average Bonchev–Trinajstić information content (AvgIpc) is 2.28. The summed E-state index contributed by atoms with van der Waals surface area (Å²) in [6.45, 7) is 6.71. The Morgan fingerprint density at radius 1 is 1.25 bits per heavy atom. The van der Waals surface area contributed by atoms with Gasteiger partial charge in [0.05, 0.1) is 0 Å². The van der Waals surface area contributed by atoms with E-state index in [0.717, 1.165) is 18.0 Å². The number of hydrogen-bond donors (Lipinski definition) is 2. The van der Waals surface area contributed by atoms with Crippen LogP contribution in [0.3, 0.4) is 0 Å². The summed E-state index contributed by atoms with van der Waals surface area (Å²) in [5.74, 6) is 1.07. The molecule has 0 aromatic heterocycles. The second-order valence-corrected chi connectivity index (χ2v) is 4.55. The summed E-state index contributed by atoms with van der Waals surface area (Å²) >= 11 is 0. The fourth-order valence-electron chi connectivity index (χ4n) is 1.81. The number of hydrogen-bond acceptors (Lipinski definition) is 2. The third-order valence-corrected chi connectivity index (χ3v) is 3.09. The minimum Gasteiger partial charge on any atom is -0.508 e. The molecule has 0 bridgehead atoms. The van der Waals surface area contributed by atoms with Crippen molar-refractivity contribution in [2.24, 2.45) is 5.92 Å². The lowest BCUT2D eigenvalue weighted by Crippen LogP contribution is -2.21. The molecule has 0 radical (unpaired) electrons. The predicted molar refractivity (Wildman–Crippen MR) is 69.9 cm³/mol. The zero-order valence-electron chi connectivity index (χ0n) is 10.5. The highest BCUT2D eigenvalue weighted by molar-refractivity contribution is 5.48. The van der Waals surface area contributed by atoms with E-state index in [1.54, 1.807) is 12.1 Å². The Bertz CT molecular complexity index is 311. The number of aromatic hydroxyl groups is 1. The average molecular weight is 221 g/mol. The standard InChI is InChI=1S/C14H23NO/c1-4-11(3)9-12(5-2)15-13-7-6-8-14(16)10-13/h6-8,10-12,15-16H,4-5,9H2,1-3H3. The monoisotopic (exact) mass is 221 g/mol. The maximum Gasteiger partial charge on any atom is 0.117 e. The molecule has 2 heteroatoms. The molecule has 90 valence electrons. The molecule has 1 aromatic rings. The van der Waals surface area contributed by atoms with E-state index >= 15 is 0 Å². The van der Waals surface area contributed by atoms with Crippen LogP contribution in [0.5, 0.6) is 5.75 Å². The number of benzene rings is 1. The van der Waals surface area contributed by atoms with Crippen LogP contribution >= 0.6 is 0 Å². The molecule has 2 nitrogen and oxygen atoms in total. The highest BCUT2D eigenvalue weighted by atomic mass is 16.3.